The van der Waals surface area contributed by atoms with Crippen LogP contribution in [0.1, 0.15) is 29.3 Å². The lowest BCUT2D eigenvalue weighted by Gasteiger charge is -2.21. The lowest BCUT2D eigenvalue weighted by molar-refractivity contribution is -0.908. The number of halogens is 1. The minimum absolute atomic E-state index is 0.0541. The molecule has 1 amide bonds. The van der Waals surface area contributed by atoms with Gasteiger partial charge in [0, 0.05) is 17.9 Å². The largest absolute Gasteiger partial charge is 0.329 e. The molecule has 2 aromatic carbocycles. The second-order valence-corrected chi connectivity index (χ2v) is 7.97. The highest BCUT2D eigenvalue weighted by Crippen LogP contribution is 2.32. The van der Waals surface area contributed by atoms with Crippen LogP contribution in [0.2, 0.25) is 0 Å². The van der Waals surface area contributed by atoms with Crippen LogP contribution in [-0.2, 0) is 17.9 Å². The van der Waals surface area contributed by atoms with Gasteiger partial charge in [0.15, 0.2) is 5.13 Å². The van der Waals surface area contributed by atoms with Crippen molar-refractivity contribution in [2.24, 2.45) is 0 Å². The van der Waals surface area contributed by atoms with Gasteiger partial charge in [-0.15, -0.1) is 11.3 Å². The summed E-state index contributed by atoms with van der Waals surface area (Å²) in [6, 6.07) is 12.5. The predicted octanol–water partition coefficient (Wildman–Crippen LogP) is 3.80. The van der Waals surface area contributed by atoms with Gasteiger partial charge in [0.25, 0.3) is 0 Å². The molecule has 146 valence electrons. The number of carbonyl (C=O) groups is 1. The fourth-order valence-corrected chi connectivity index (χ4v) is 4.07. The molecule has 0 spiro atoms. The number of thiazole rings is 1. The Balaban J connectivity index is 1.76. The van der Waals surface area contributed by atoms with E-state index in [0.29, 0.717) is 5.13 Å². The summed E-state index contributed by atoms with van der Waals surface area (Å²) < 4.78 is 13.1. The first-order chi connectivity index (χ1) is 13.3. The van der Waals surface area contributed by atoms with Crippen molar-refractivity contribution >= 4 is 28.1 Å². The third kappa shape index (κ3) is 4.64. The van der Waals surface area contributed by atoms with Gasteiger partial charge in [-0.3, -0.25) is 9.69 Å². The topological polar surface area (TPSA) is 37.6 Å². The van der Waals surface area contributed by atoms with Crippen LogP contribution in [0.5, 0.6) is 0 Å². The van der Waals surface area contributed by atoms with Gasteiger partial charge >= 0.3 is 0 Å². The number of rotatable bonds is 6. The number of aromatic nitrogens is 1. The highest BCUT2D eigenvalue weighted by atomic mass is 32.1. The summed E-state index contributed by atoms with van der Waals surface area (Å²) in [6.45, 7) is 7.13. The van der Waals surface area contributed by atoms with Gasteiger partial charge in [-0.1, -0.05) is 24.3 Å². The van der Waals surface area contributed by atoms with Gasteiger partial charge < -0.3 is 4.90 Å². The van der Waals surface area contributed by atoms with Crippen molar-refractivity contribution in [3.05, 3.63) is 76.0 Å². The quantitative estimate of drug-likeness (QED) is 0.686. The number of nitrogens with one attached hydrogen (secondary N) is 1. The van der Waals surface area contributed by atoms with Crippen molar-refractivity contribution in [1.82, 2.24) is 4.98 Å². The van der Waals surface area contributed by atoms with Gasteiger partial charge in [0.2, 0.25) is 5.91 Å². The zero-order valence-corrected chi connectivity index (χ0v) is 17.4. The number of hydrogen-bond donors (Lipinski definition) is 1. The van der Waals surface area contributed by atoms with Crippen LogP contribution in [0.3, 0.4) is 0 Å². The number of hydrogen-bond acceptors (Lipinski definition) is 3. The number of carbonyl (C=O) groups excluding carboxylic acids is 1. The van der Waals surface area contributed by atoms with E-state index in [0.717, 1.165) is 41.2 Å². The summed E-state index contributed by atoms with van der Waals surface area (Å²) in [5, 5.41) is 2.69. The van der Waals surface area contributed by atoms with E-state index in [1.165, 1.54) is 28.4 Å². The third-order valence-electron chi connectivity index (χ3n) is 4.76. The van der Waals surface area contributed by atoms with Crippen LogP contribution < -0.4 is 9.80 Å². The van der Waals surface area contributed by atoms with Crippen LogP contribution in [-0.4, -0.2) is 17.9 Å². The summed E-state index contributed by atoms with van der Waals surface area (Å²) in [4.78, 5) is 20.0. The zero-order valence-electron chi connectivity index (χ0n) is 16.6. The van der Waals surface area contributed by atoms with Gasteiger partial charge in [0.05, 0.1) is 12.7 Å². The molecule has 1 unspecified atom stereocenters. The van der Waals surface area contributed by atoms with Crippen LogP contribution in [0.4, 0.5) is 15.2 Å². The Labute approximate surface area is 169 Å². The molecule has 1 heterocycles. The monoisotopic (exact) mass is 398 g/mol. The summed E-state index contributed by atoms with van der Waals surface area (Å²) in [5.74, 6) is -0.275. The average Bonchev–Trinajstić information content (AvgIpc) is 3.08. The molecule has 3 rings (SSSR count). The molecule has 4 nitrogen and oxygen atoms in total. The second kappa shape index (κ2) is 8.63. The molecule has 0 aliphatic rings. The second-order valence-electron chi connectivity index (χ2n) is 7.13. The molecule has 0 bridgehead atoms. The summed E-state index contributed by atoms with van der Waals surface area (Å²) in [7, 11) is 2.08. The van der Waals surface area contributed by atoms with Crippen LogP contribution in [0.15, 0.2) is 47.8 Å². The maximum absolute atomic E-state index is 13.1. The molecule has 0 fully saturated rings. The van der Waals surface area contributed by atoms with Crippen molar-refractivity contribution in [3.8, 4) is 0 Å². The number of anilines is 2. The first-order valence-electron chi connectivity index (χ1n) is 9.22. The summed E-state index contributed by atoms with van der Waals surface area (Å²) >= 11 is 1.48. The smallest absolute Gasteiger partial charge is 0.230 e. The first-order valence-corrected chi connectivity index (χ1v) is 10.1. The van der Waals surface area contributed by atoms with E-state index in [1.54, 1.807) is 11.8 Å². The Morgan fingerprint density at radius 1 is 1.14 bits per heavy atom. The molecule has 0 radical (unpaired) electrons. The fourth-order valence-electron chi connectivity index (χ4n) is 3.19. The highest BCUT2D eigenvalue weighted by molar-refractivity contribution is 7.14. The molecular weight excluding hydrogens is 373 g/mol. The minimum Gasteiger partial charge on any atom is -0.329 e. The van der Waals surface area contributed by atoms with E-state index in [9.17, 15) is 9.18 Å². The van der Waals surface area contributed by atoms with Gasteiger partial charge in [-0.2, -0.15) is 0 Å². The summed E-state index contributed by atoms with van der Waals surface area (Å²) in [5.41, 5.74) is 5.11. The minimum atomic E-state index is -0.221. The van der Waals surface area contributed by atoms with Crippen molar-refractivity contribution in [2.75, 3.05) is 11.9 Å². The SMILES string of the molecule is CC(=O)N(c1nc(C[NH+](C)Cc2ccc(F)cc2)cs1)c1cccc(C)c1C. The lowest BCUT2D eigenvalue weighted by Crippen LogP contribution is -3.06. The third-order valence-corrected chi connectivity index (χ3v) is 5.64. The Morgan fingerprint density at radius 3 is 2.54 bits per heavy atom. The van der Waals surface area contributed by atoms with E-state index in [-0.39, 0.29) is 11.7 Å². The number of quaternary nitrogens is 1. The molecule has 3 aromatic rings. The van der Waals surface area contributed by atoms with E-state index >= 15 is 0 Å². The average molecular weight is 399 g/mol. The van der Waals surface area contributed by atoms with E-state index in [2.05, 4.69) is 7.05 Å². The molecule has 1 atom stereocenters. The normalized spacial score (nSPS) is 12.0. The van der Waals surface area contributed by atoms with Crippen LogP contribution >= 0.6 is 11.3 Å². The van der Waals surface area contributed by atoms with E-state index in [1.807, 2.05) is 49.6 Å². The highest BCUT2D eigenvalue weighted by Gasteiger charge is 2.21. The molecule has 0 aliphatic carbocycles. The molecule has 28 heavy (non-hydrogen) atoms. The van der Waals surface area contributed by atoms with E-state index in [4.69, 9.17) is 4.98 Å². The molecular formula is C22H25FN3OS+. The summed E-state index contributed by atoms with van der Waals surface area (Å²) in [6.07, 6.45) is 0. The Morgan fingerprint density at radius 2 is 1.86 bits per heavy atom. The van der Waals surface area contributed by atoms with E-state index < -0.39 is 0 Å². The Kier molecular flexibility index (Phi) is 6.21. The molecule has 0 saturated heterocycles. The van der Waals surface area contributed by atoms with Crippen LogP contribution in [0, 0.1) is 19.7 Å². The molecule has 0 saturated carbocycles. The first kappa shape index (κ1) is 20.2. The lowest BCUT2D eigenvalue weighted by atomic mass is 10.1. The number of benzene rings is 2. The maximum Gasteiger partial charge on any atom is 0.230 e. The Hall–Kier alpha value is -2.57. The molecule has 1 N–H and O–H groups in total. The number of nitrogens with zero attached hydrogens (tertiary/aromatic N) is 2. The van der Waals surface area contributed by atoms with Crippen molar-refractivity contribution in [2.45, 2.75) is 33.9 Å². The standard InChI is InChI=1S/C22H24FN3OS/c1-15-6-5-7-21(16(15)2)26(17(3)27)22-24-20(14-28-22)13-25(4)12-18-8-10-19(23)11-9-18/h5-11,14H,12-13H2,1-4H3/p+1. The molecule has 1 aromatic heterocycles. The predicted molar refractivity (Wildman–Crippen MR) is 112 cm³/mol. The van der Waals surface area contributed by atoms with Crippen molar-refractivity contribution < 1.29 is 14.1 Å². The number of aryl methyl sites for hydroxylation is 1. The van der Waals surface area contributed by atoms with Gasteiger partial charge in [0.1, 0.15) is 24.6 Å². The van der Waals surface area contributed by atoms with Crippen LogP contribution in [0.25, 0.3) is 0 Å². The molecule has 6 heteroatoms. The van der Waals surface area contributed by atoms with Crippen molar-refractivity contribution in [1.29, 1.82) is 0 Å². The number of amides is 1. The fraction of sp³-hybridized carbons (Fsp3) is 0.273. The molecule has 0 aliphatic heterocycles. The van der Waals surface area contributed by atoms with Gasteiger partial charge in [-0.25, -0.2) is 9.37 Å². The maximum atomic E-state index is 13.1. The van der Waals surface area contributed by atoms with Crippen molar-refractivity contribution in [3.63, 3.8) is 0 Å². The Bertz CT molecular complexity index is 968. The van der Waals surface area contributed by atoms with Gasteiger partial charge in [-0.05, 0) is 43.2 Å². The zero-order chi connectivity index (χ0) is 20.3.